The number of benzene rings is 1. The Morgan fingerprint density at radius 2 is 2.09 bits per heavy atom. The summed E-state index contributed by atoms with van der Waals surface area (Å²) in [5.74, 6) is -0.0501. The molecule has 116 valence electrons. The van der Waals surface area contributed by atoms with Crippen LogP contribution in [0.4, 0.5) is 4.39 Å². The van der Waals surface area contributed by atoms with Crippen molar-refractivity contribution < 1.29 is 13.9 Å². The molecule has 1 aliphatic rings. The second-order valence-electron chi connectivity index (χ2n) is 5.31. The maximum Gasteiger partial charge on any atom is 0.232 e. The molecule has 1 aromatic heterocycles. The van der Waals surface area contributed by atoms with Crippen molar-refractivity contribution in [2.45, 2.75) is 12.5 Å². The molecule has 1 aromatic carbocycles. The Labute approximate surface area is 132 Å². The lowest BCUT2D eigenvalue weighted by atomic mass is 10.1. The molecule has 0 unspecified atom stereocenters. The lowest BCUT2D eigenvalue weighted by Crippen LogP contribution is -2.56. The molecule has 6 heteroatoms. The highest BCUT2D eigenvalue weighted by Gasteiger charge is 2.32. The highest BCUT2D eigenvalue weighted by molar-refractivity contribution is 5.79. The molecule has 2 aromatic rings. The van der Waals surface area contributed by atoms with Gasteiger partial charge in [-0.15, -0.1) is 0 Å². The minimum absolute atomic E-state index is 0.0296. The number of hydrogen-bond acceptors (Lipinski definition) is 4. The van der Waals surface area contributed by atoms with Crippen molar-refractivity contribution in [2.75, 3.05) is 13.1 Å². The van der Waals surface area contributed by atoms with E-state index in [1.807, 2.05) is 6.07 Å². The lowest BCUT2D eigenvalue weighted by Gasteiger charge is -2.38. The predicted molar refractivity (Wildman–Crippen MR) is 80.1 cm³/mol. The maximum absolute atomic E-state index is 12.8. The minimum atomic E-state index is -0.317. The summed E-state index contributed by atoms with van der Waals surface area (Å²) in [6.07, 6.45) is 1.64. The number of pyridine rings is 1. The van der Waals surface area contributed by atoms with E-state index < -0.39 is 0 Å². The molecule has 3 rings (SSSR count). The van der Waals surface area contributed by atoms with Crippen LogP contribution in [0.25, 0.3) is 0 Å². The molecule has 0 atom stereocenters. The van der Waals surface area contributed by atoms with Crippen LogP contribution >= 0.6 is 0 Å². The Morgan fingerprint density at radius 3 is 2.78 bits per heavy atom. The summed E-state index contributed by atoms with van der Waals surface area (Å²) in [5.41, 5.74) is 1.15. The number of halogens is 1. The molecule has 2 heterocycles. The predicted octanol–water partition coefficient (Wildman–Crippen LogP) is 1.92. The molecule has 23 heavy (non-hydrogen) atoms. The molecule has 0 saturated carbocycles. The number of amides is 1. The lowest BCUT2D eigenvalue weighted by molar-refractivity contribution is -0.139. The number of likely N-dealkylation sites (tertiary alicyclic amines) is 1. The van der Waals surface area contributed by atoms with E-state index in [0.717, 1.165) is 5.56 Å². The van der Waals surface area contributed by atoms with Crippen LogP contribution in [-0.2, 0) is 11.2 Å². The molecule has 5 nitrogen and oxygen atoms in total. The number of aromatic nitrogens is 1. The van der Waals surface area contributed by atoms with Gasteiger partial charge < -0.3 is 9.64 Å². The van der Waals surface area contributed by atoms with E-state index in [0.29, 0.717) is 24.5 Å². The first-order valence-electron chi connectivity index (χ1n) is 7.19. The molecule has 0 aliphatic carbocycles. The van der Waals surface area contributed by atoms with Gasteiger partial charge in [-0.1, -0.05) is 12.1 Å². The van der Waals surface area contributed by atoms with Crippen LogP contribution in [0, 0.1) is 17.1 Å². The molecule has 0 radical (unpaired) electrons. The van der Waals surface area contributed by atoms with Gasteiger partial charge in [0.2, 0.25) is 11.8 Å². The van der Waals surface area contributed by atoms with Crippen molar-refractivity contribution in [3.63, 3.8) is 0 Å². The average Bonchev–Trinajstić information content (AvgIpc) is 2.53. The first kappa shape index (κ1) is 15.0. The topological polar surface area (TPSA) is 66.2 Å². The van der Waals surface area contributed by atoms with Crippen LogP contribution < -0.4 is 4.74 Å². The van der Waals surface area contributed by atoms with Crippen molar-refractivity contribution >= 4 is 5.91 Å². The third-order valence-corrected chi connectivity index (χ3v) is 3.64. The highest BCUT2D eigenvalue weighted by Crippen LogP contribution is 2.20. The number of rotatable bonds is 4. The second-order valence-corrected chi connectivity index (χ2v) is 5.31. The van der Waals surface area contributed by atoms with Crippen LogP contribution in [0.1, 0.15) is 11.1 Å². The number of nitriles is 1. The van der Waals surface area contributed by atoms with Crippen molar-refractivity contribution in [1.29, 1.82) is 5.26 Å². The van der Waals surface area contributed by atoms with Gasteiger partial charge in [-0.2, -0.15) is 5.26 Å². The van der Waals surface area contributed by atoms with E-state index in [2.05, 4.69) is 4.98 Å². The highest BCUT2D eigenvalue weighted by atomic mass is 19.1. The number of carbonyl (C=O) groups excluding carboxylic acids is 1. The Bertz CT molecular complexity index is 749. The minimum Gasteiger partial charge on any atom is -0.470 e. The molecule has 1 saturated heterocycles. The maximum atomic E-state index is 12.8. The number of carbonyl (C=O) groups is 1. The van der Waals surface area contributed by atoms with Gasteiger partial charge in [0, 0.05) is 6.20 Å². The van der Waals surface area contributed by atoms with Crippen molar-refractivity contribution in [3.8, 4) is 11.9 Å². The van der Waals surface area contributed by atoms with E-state index in [4.69, 9.17) is 10.00 Å². The Balaban J connectivity index is 1.51. The van der Waals surface area contributed by atoms with Gasteiger partial charge in [-0.05, 0) is 29.8 Å². The molecule has 0 N–H and O–H groups in total. The number of nitrogens with zero attached hydrogens (tertiary/aromatic N) is 3. The monoisotopic (exact) mass is 311 g/mol. The third-order valence-electron chi connectivity index (χ3n) is 3.64. The summed E-state index contributed by atoms with van der Waals surface area (Å²) in [5, 5.41) is 8.98. The summed E-state index contributed by atoms with van der Waals surface area (Å²) < 4.78 is 18.5. The summed E-state index contributed by atoms with van der Waals surface area (Å²) in [6.45, 7) is 0.920. The van der Waals surface area contributed by atoms with E-state index >= 15 is 0 Å². The van der Waals surface area contributed by atoms with Crippen LogP contribution in [0.15, 0.2) is 42.6 Å². The smallest absolute Gasteiger partial charge is 0.232 e. The summed E-state index contributed by atoms with van der Waals surface area (Å²) >= 11 is 0. The van der Waals surface area contributed by atoms with E-state index in [1.54, 1.807) is 35.4 Å². The largest absolute Gasteiger partial charge is 0.470 e. The van der Waals surface area contributed by atoms with Crippen molar-refractivity contribution in [2.24, 2.45) is 0 Å². The van der Waals surface area contributed by atoms with Gasteiger partial charge in [0.1, 0.15) is 23.6 Å². The van der Waals surface area contributed by atoms with Gasteiger partial charge >= 0.3 is 0 Å². The quantitative estimate of drug-likeness (QED) is 0.865. The fourth-order valence-electron chi connectivity index (χ4n) is 2.33. The molecule has 1 amide bonds. The zero-order valence-electron chi connectivity index (χ0n) is 12.3. The molecular formula is C17H14FN3O2. The van der Waals surface area contributed by atoms with Crippen LogP contribution in [0.3, 0.4) is 0 Å². The third kappa shape index (κ3) is 3.46. The normalized spacial score (nSPS) is 14.0. The average molecular weight is 311 g/mol. The molecule has 0 bridgehead atoms. The second kappa shape index (κ2) is 6.44. The Kier molecular flexibility index (Phi) is 4.20. The first-order valence-corrected chi connectivity index (χ1v) is 7.19. The summed E-state index contributed by atoms with van der Waals surface area (Å²) in [7, 11) is 0. The van der Waals surface area contributed by atoms with Crippen molar-refractivity contribution in [1.82, 2.24) is 9.88 Å². The zero-order valence-corrected chi connectivity index (χ0v) is 12.3. The van der Waals surface area contributed by atoms with Gasteiger partial charge in [0.15, 0.2) is 0 Å². The van der Waals surface area contributed by atoms with Gasteiger partial charge in [-0.3, -0.25) is 4.79 Å². The molecular weight excluding hydrogens is 297 g/mol. The molecule has 1 fully saturated rings. The standard InChI is InChI=1S/C17H14FN3O2/c18-14-5-3-12(4-6-14)8-16(22)21-10-15(11-21)23-17-13(9-19)2-1-7-20-17/h1-7,15H,8,10-11H2. The van der Waals surface area contributed by atoms with Gasteiger partial charge in [0.25, 0.3) is 0 Å². The fourth-order valence-corrected chi connectivity index (χ4v) is 2.33. The molecule has 1 aliphatic heterocycles. The fraction of sp³-hybridized carbons (Fsp3) is 0.235. The van der Waals surface area contributed by atoms with E-state index in [1.165, 1.54) is 12.1 Å². The Hall–Kier alpha value is -2.94. The summed E-state index contributed by atoms with van der Waals surface area (Å²) in [4.78, 5) is 17.8. The summed E-state index contributed by atoms with van der Waals surface area (Å²) in [6, 6.07) is 11.2. The first-order chi connectivity index (χ1) is 11.2. The Morgan fingerprint density at radius 1 is 1.35 bits per heavy atom. The number of hydrogen-bond donors (Lipinski definition) is 0. The van der Waals surface area contributed by atoms with E-state index in [9.17, 15) is 9.18 Å². The zero-order chi connectivity index (χ0) is 16.2. The van der Waals surface area contributed by atoms with Crippen LogP contribution in [-0.4, -0.2) is 35.0 Å². The van der Waals surface area contributed by atoms with Crippen LogP contribution in [0.5, 0.6) is 5.88 Å². The SMILES string of the molecule is N#Cc1cccnc1OC1CN(C(=O)Cc2ccc(F)cc2)C1. The number of ether oxygens (including phenoxy) is 1. The van der Waals surface area contributed by atoms with Crippen LogP contribution in [0.2, 0.25) is 0 Å². The van der Waals surface area contributed by atoms with Crippen molar-refractivity contribution in [3.05, 3.63) is 59.5 Å². The van der Waals surface area contributed by atoms with Gasteiger partial charge in [0.05, 0.1) is 19.5 Å². The van der Waals surface area contributed by atoms with Gasteiger partial charge in [-0.25, -0.2) is 9.37 Å². The van der Waals surface area contributed by atoms with E-state index in [-0.39, 0.29) is 24.2 Å². The molecule has 0 spiro atoms.